The van der Waals surface area contributed by atoms with Gasteiger partial charge in [-0.3, -0.25) is 9.59 Å². The average Bonchev–Trinajstić information content (AvgIpc) is 2.49. The van der Waals surface area contributed by atoms with Crippen LogP contribution in [0.15, 0.2) is 24.3 Å². The summed E-state index contributed by atoms with van der Waals surface area (Å²) in [5.74, 6) is -0.302. The second kappa shape index (κ2) is 7.25. The van der Waals surface area contributed by atoms with Crippen molar-refractivity contribution in [1.82, 2.24) is 4.90 Å². The molecule has 1 saturated heterocycles. The molecule has 2 rings (SSSR count). The molecule has 6 heteroatoms. The molecule has 0 spiro atoms. The fraction of sp³-hybridized carbons (Fsp3) is 0.529. The molecule has 1 amide bonds. The molecule has 0 aromatic heterocycles. The van der Waals surface area contributed by atoms with Gasteiger partial charge in [0.25, 0.3) is 0 Å². The second-order valence-corrected chi connectivity index (χ2v) is 8.63. The minimum absolute atomic E-state index is 0.0202. The van der Waals surface area contributed by atoms with E-state index in [1.807, 2.05) is 31.2 Å². The van der Waals surface area contributed by atoms with E-state index in [1.54, 1.807) is 7.05 Å². The predicted molar refractivity (Wildman–Crippen MR) is 88.9 cm³/mol. The zero-order valence-corrected chi connectivity index (χ0v) is 14.4. The number of hydrogen-bond acceptors (Lipinski definition) is 4. The number of rotatable bonds is 5. The molecule has 1 aliphatic rings. The number of Topliss-reactive ketones (excluding diaryl/α,β-unsaturated/α-hetero) is 1. The Hall–Kier alpha value is -1.69. The molecule has 5 nitrogen and oxygen atoms in total. The molecule has 1 heterocycles. The topological polar surface area (TPSA) is 71.5 Å². The van der Waals surface area contributed by atoms with Crippen LogP contribution in [0.5, 0.6) is 0 Å². The highest BCUT2D eigenvalue weighted by molar-refractivity contribution is 7.91. The SMILES string of the molecule is Cc1ccc(CC(=O)CN(C)C(=O)C2CCS(=O)(=O)CC2)cc1. The summed E-state index contributed by atoms with van der Waals surface area (Å²) < 4.78 is 22.8. The summed E-state index contributed by atoms with van der Waals surface area (Å²) >= 11 is 0. The van der Waals surface area contributed by atoms with Gasteiger partial charge in [0.15, 0.2) is 5.78 Å². The van der Waals surface area contributed by atoms with Crippen molar-refractivity contribution in [1.29, 1.82) is 0 Å². The Bertz CT molecular complexity index is 665. The Morgan fingerprint density at radius 2 is 1.70 bits per heavy atom. The predicted octanol–water partition coefficient (Wildman–Crippen LogP) is 1.39. The smallest absolute Gasteiger partial charge is 0.225 e. The van der Waals surface area contributed by atoms with Gasteiger partial charge in [-0.2, -0.15) is 0 Å². The minimum atomic E-state index is -2.98. The molecule has 0 radical (unpaired) electrons. The van der Waals surface area contributed by atoms with E-state index in [4.69, 9.17) is 0 Å². The van der Waals surface area contributed by atoms with Crippen molar-refractivity contribution < 1.29 is 18.0 Å². The largest absolute Gasteiger partial charge is 0.338 e. The van der Waals surface area contributed by atoms with E-state index >= 15 is 0 Å². The van der Waals surface area contributed by atoms with Crippen LogP contribution in [0.3, 0.4) is 0 Å². The zero-order valence-electron chi connectivity index (χ0n) is 13.6. The van der Waals surface area contributed by atoms with E-state index in [2.05, 4.69) is 0 Å². The van der Waals surface area contributed by atoms with Gasteiger partial charge in [-0.05, 0) is 25.3 Å². The van der Waals surface area contributed by atoms with Gasteiger partial charge >= 0.3 is 0 Å². The fourth-order valence-corrected chi connectivity index (χ4v) is 4.27. The lowest BCUT2D eigenvalue weighted by Crippen LogP contribution is -2.40. The molecule has 1 aliphatic heterocycles. The molecule has 0 N–H and O–H groups in total. The second-order valence-electron chi connectivity index (χ2n) is 6.32. The van der Waals surface area contributed by atoms with Crippen molar-refractivity contribution in [2.75, 3.05) is 25.1 Å². The van der Waals surface area contributed by atoms with Crippen molar-refractivity contribution >= 4 is 21.5 Å². The molecule has 1 aromatic carbocycles. The Balaban J connectivity index is 1.85. The number of carbonyl (C=O) groups excluding carboxylic acids is 2. The number of amides is 1. The highest BCUT2D eigenvalue weighted by Gasteiger charge is 2.30. The van der Waals surface area contributed by atoms with Crippen LogP contribution in [-0.2, 0) is 25.8 Å². The third-order valence-corrected chi connectivity index (χ3v) is 5.93. The lowest BCUT2D eigenvalue weighted by atomic mass is 10.0. The van der Waals surface area contributed by atoms with E-state index in [1.165, 1.54) is 4.90 Å². The van der Waals surface area contributed by atoms with Crippen molar-refractivity contribution in [3.8, 4) is 0 Å². The number of hydrogen-bond donors (Lipinski definition) is 0. The Morgan fingerprint density at radius 1 is 1.13 bits per heavy atom. The summed E-state index contributed by atoms with van der Waals surface area (Å²) in [6.07, 6.45) is 1.02. The molecule has 0 bridgehead atoms. The van der Waals surface area contributed by atoms with Crippen LogP contribution in [0.2, 0.25) is 0 Å². The third-order valence-electron chi connectivity index (χ3n) is 4.22. The van der Waals surface area contributed by atoms with E-state index in [0.29, 0.717) is 19.3 Å². The average molecular weight is 337 g/mol. The maximum Gasteiger partial charge on any atom is 0.225 e. The zero-order chi connectivity index (χ0) is 17.0. The first-order chi connectivity index (χ1) is 10.8. The lowest BCUT2D eigenvalue weighted by molar-refractivity contribution is -0.137. The third kappa shape index (κ3) is 5.16. The number of sulfone groups is 1. The fourth-order valence-electron chi connectivity index (χ4n) is 2.78. The van der Waals surface area contributed by atoms with E-state index in [-0.39, 0.29) is 35.7 Å². The quantitative estimate of drug-likeness (QED) is 0.814. The molecular weight excluding hydrogens is 314 g/mol. The van der Waals surface area contributed by atoms with Crippen molar-refractivity contribution in [2.24, 2.45) is 5.92 Å². The summed E-state index contributed by atoms with van der Waals surface area (Å²) in [5, 5.41) is 0. The molecule has 23 heavy (non-hydrogen) atoms. The molecule has 0 saturated carbocycles. The van der Waals surface area contributed by atoms with Crippen LogP contribution in [0.25, 0.3) is 0 Å². The first-order valence-corrected chi connectivity index (χ1v) is 9.61. The van der Waals surface area contributed by atoms with Crippen molar-refractivity contribution in [3.05, 3.63) is 35.4 Å². The molecule has 1 aromatic rings. The van der Waals surface area contributed by atoms with Crippen LogP contribution in [0, 0.1) is 12.8 Å². The number of carbonyl (C=O) groups is 2. The van der Waals surface area contributed by atoms with Crippen LogP contribution < -0.4 is 0 Å². The Kier molecular flexibility index (Phi) is 5.57. The molecular formula is C17H23NO4S. The number of aryl methyl sites for hydroxylation is 1. The highest BCUT2D eigenvalue weighted by Crippen LogP contribution is 2.20. The van der Waals surface area contributed by atoms with Crippen LogP contribution >= 0.6 is 0 Å². The van der Waals surface area contributed by atoms with Crippen LogP contribution in [0.4, 0.5) is 0 Å². The summed E-state index contributed by atoms with van der Waals surface area (Å²) in [6.45, 7) is 2.05. The number of likely N-dealkylation sites (N-methyl/N-ethyl adjacent to an activating group) is 1. The summed E-state index contributed by atoms with van der Waals surface area (Å²) in [5.41, 5.74) is 2.07. The van der Waals surface area contributed by atoms with Gasteiger partial charge in [-0.1, -0.05) is 29.8 Å². The van der Waals surface area contributed by atoms with Gasteiger partial charge in [0.1, 0.15) is 9.84 Å². The number of ketones is 1. The van der Waals surface area contributed by atoms with Gasteiger partial charge in [-0.15, -0.1) is 0 Å². The molecule has 0 atom stereocenters. The molecule has 0 aliphatic carbocycles. The monoisotopic (exact) mass is 337 g/mol. The van der Waals surface area contributed by atoms with Gasteiger partial charge in [0.05, 0.1) is 18.1 Å². The number of nitrogens with zero attached hydrogens (tertiary/aromatic N) is 1. The first-order valence-electron chi connectivity index (χ1n) is 7.79. The minimum Gasteiger partial charge on any atom is -0.338 e. The van der Waals surface area contributed by atoms with Gasteiger partial charge in [0, 0.05) is 19.4 Å². The molecule has 1 fully saturated rings. The molecule has 126 valence electrons. The Morgan fingerprint density at radius 3 is 2.26 bits per heavy atom. The maximum atomic E-state index is 12.3. The van der Waals surface area contributed by atoms with Crippen LogP contribution in [0.1, 0.15) is 24.0 Å². The lowest BCUT2D eigenvalue weighted by Gasteiger charge is -2.26. The normalized spacial score (nSPS) is 17.7. The maximum absolute atomic E-state index is 12.3. The highest BCUT2D eigenvalue weighted by atomic mass is 32.2. The van der Waals surface area contributed by atoms with E-state index in [9.17, 15) is 18.0 Å². The van der Waals surface area contributed by atoms with Crippen LogP contribution in [-0.4, -0.2) is 50.1 Å². The van der Waals surface area contributed by atoms with Gasteiger partial charge in [-0.25, -0.2) is 8.42 Å². The van der Waals surface area contributed by atoms with Crippen molar-refractivity contribution in [3.63, 3.8) is 0 Å². The summed E-state index contributed by atoms with van der Waals surface area (Å²) in [4.78, 5) is 25.9. The standard InChI is InChI=1S/C17H23NO4S/c1-13-3-5-14(6-4-13)11-16(19)12-18(2)17(20)15-7-9-23(21,22)10-8-15/h3-6,15H,7-12H2,1-2H3. The van der Waals surface area contributed by atoms with E-state index < -0.39 is 9.84 Å². The van der Waals surface area contributed by atoms with Gasteiger partial charge in [0.2, 0.25) is 5.91 Å². The Labute approximate surface area is 137 Å². The molecule has 0 unspecified atom stereocenters. The number of benzene rings is 1. The first kappa shape index (κ1) is 17.7. The summed E-state index contributed by atoms with van der Waals surface area (Å²) in [7, 11) is -1.37. The van der Waals surface area contributed by atoms with Crippen molar-refractivity contribution in [2.45, 2.75) is 26.2 Å². The van der Waals surface area contributed by atoms with Gasteiger partial charge < -0.3 is 4.90 Å². The van der Waals surface area contributed by atoms with E-state index in [0.717, 1.165) is 11.1 Å². The summed E-state index contributed by atoms with van der Waals surface area (Å²) in [6, 6.07) is 7.75.